The van der Waals surface area contributed by atoms with Crippen LogP contribution in [0.15, 0.2) is 30.3 Å². The number of hydrazine groups is 1. The Bertz CT molecular complexity index is 614. The van der Waals surface area contributed by atoms with E-state index < -0.39 is 29.9 Å². The van der Waals surface area contributed by atoms with Gasteiger partial charge in [0.25, 0.3) is 0 Å². The number of rotatable bonds is 5. The number of benzene rings is 1. The molecule has 1 unspecified atom stereocenters. The molecule has 0 spiro atoms. The number of amides is 3. The number of aliphatic carboxylic acids is 1. The number of ether oxygens (including phenoxy) is 1. The second kappa shape index (κ2) is 6.91. The van der Waals surface area contributed by atoms with Gasteiger partial charge in [-0.2, -0.15) is 10.0 Å². The Morgan fingerprint density at radius 3 is 2.30 bits per heavy atom. The predicted octanol–water partition coefficient (Wildman–Crippen LogP) is 1.16. The van der Waals surface area contributed by atoms with Crippen molar-refractivity contribution in [1.82, 2.24) is 10.0 Å². The number of hydrogen-bond donors (Lipinski definition) is 1. The minimum absolute atomic E-state index is 0.0619. The molecule has 8 heteroatoms. The standard InChI is InChI=1S/C15H16N2O6/c1-10(14(20)21)16(17-12(18)7-8-13(17)19)15(22)23-9-11-5-3-2-4-6-11/h2-6,10H,7-9H2,1H3,(H,20,21). The zero-order valence-electron chi connectivity index (χ0n) is 12.5. The normalized spacial score (nSPS) is 15.4. The molecule has 0 aliphatic carbocycles. The Morgan fingerprint density at radius 1 is 1.22 bits per heavy atom. The van der Waals surface area contributed by atoms with E-state index in [1.165, 1.54) is 6.92 Å². The molecule has 1 heterocycles. The summed E-state index contributed by atoms with van der Waals surface area (Å²) in [6.07, 6.45) is -1.19. The van der Waals surface area contributed by atoms with E-state index in [9.17, 15) is 19.2 Å². The topological polar surface area (TPSA) is 104 Å². The molecule has 0 aromatic heterocycles. The highest BCUT2D eigenvalue weighted by atomic mass is 16.6. The van der Waals surface area contributed by atoms with Crippen LogP contribution in [0.2, 0.25) is 0 Å². The van der Waals surface area contributed by atoms with Crippen LogP contribution in [0.1, 0.15) is 25.3 Å². The summed E-state index contributed by atoms with van der Waals surface area (Å²) in [7, 11) is 0. The molecule has 1 aliphatic rings. The maximum Gasteiger partial charge on any atom is 0.430 e. The first-order valence-corrected chi connectivity index (χ1v) is 7.00. The average molecular weight is 320 g/mol. The first-order chi connectivity index (χ1) is 10.9. The van der Waals surface area contributed by atoms with E-state index in [2.05, 4.69) is 0 Å². The lowest BCUT2D eigenvalue weighted by Crippen LogP contribution is -2.56. The summed E-state index contributed by atoms with van der Waals surface area (Å²) in [5.41, 5.74) is 0.697. The molecular weight excluding hydrogens is 304 g/mol. The highest BCUT2D eigenvalue weighted by molar-refractivity contribution is 6.03. The second-order valence-corrected chi connectivity index (χ2v) is 5.00. The van der Waals surface area contributed by atoms with Crippen molar-refractivity contribution in [2.75, 3.05) is 0 Å². The van der Waals surface area contributed by atoms with Gasteiger partial charge >= 0.3 is 12.1 Å². The minimum atomic E-state index is -1.41. The van der Waals surface area contributed by atoms with Gasteiger partial charge in [-0.05, 0) is 12.5 Å². The van der Waals surface area contributed by atoms with Crippen molar-refractivity contribution in [3.63, 3.8) is 0 Å². The third-order valence-corrected chi connectivity index (χ3v) is 3.36. The van der Waals surface area contributed by atoms with Gasteiger partial charge in [0.15, 0.2) is 6.04 Å². The average Bonchev–Trinajstić information content (AvgIpc) is 2.86. The molecule has 8 nitrogen and oxygen atoms in total. The van der Waals surface area contributed by atoms with Gasteiger partial charge in [-0.3, -0.25) is 9.59 Å². The second-order valence-electron chi connectivity index (χ2n) is 5.00. The van der Waals surface area contributed by atoms with Crippen LogP contribution in [0, 0.1) is 0 Å². The number of carbonyl (C=O) groups is 4. The van der Waals surface area contributed by atoms with Gasteiger partial charge in [0.1, 0.15) is 6.61 Å². The van der Waals surface area contributed by atoms with E-state index in [1.54, 1.807) is 30.3 Å². The first kappa shape index (κ1) is 16.5. The number of nitrogens with zero attached hydrogens (tertiary/aromatic N) is 2. The number of carboxylic acid groups (broad SMARTS) is 1. The van der Waals surface area contributed by atoms with Crippen molar-refractivity contribution in [3.8, 4) is 0 Å². The van der Waals surface area contributed by atoms with Crippen molar-refractivity contribution in [1.29, 1.82) is 0 Å². The Kier molecular flexibility index (Phi) is 4.95. The molecular formula is C15H16N2O6. The molecule has 2 rings (SSSR count). The lowest BCUT2D eigenvalue weighted by Gasteiger charge is -2.31. The summed E-state index contributed by atoms with van der Waals surface area (Å²) in [5.74, 6) is -2.60. The molecule has 1 aromatic carbocycles. The minimum Gasteiger partial charge on any atom is -0.480 e. The molecule has 23 heavy (non-hydrogen) atoms. The summed E-state index contributed by atoms with van der Waals surface area (Å²) in [5, 5.41) is 10.2. The molecule has 1 N–H and O–H groups in total. The molecule has 0 bridgehead atoms. The molecule has 1 saturated heterocycles. The molecule has 1 atom stereocenters. The molecule has 1 aliphatic heterocycles. The molecule has 0 radical (unpaired) electrons. The van der Waals surface area contributed by atoms with Gasteiger partial charge < -0.3 is 9.84 Å². The fraction of sp³-hybridized carbons (Fsp3) is 0.333. The molecule has 1 fully saturated rings. The van der Waals surface area contributed by atoms with Crippen molar-refractivity contribution < 1.29 is 29.0 Å². The number of imide groups is 1. The highest BCUT2D eigenvalue weighted by Gasteiger charge is 2.42. The number of carboxylic acids is 1. The van der Waals surface area contributed by atoms with E-state index in [0.717, 1.165) is 0 Å². The predicted molar refractivity (Wildman–Crippen MR) is 76.7 cm³/mol. The zero-order valence-corrected chi connectivity index (χ0v) is 12.5. The van der Waals surface area contributed by atoms with E-state index in [-0.39, 0.29) is 19.4 Å². The van der Waals surface area contributed by atoms with Crippen LogP contribution in [0.5, 0.6) is 0 Å². The van der Waals surface area contributed by atoms with Gasteiger partial charge in [0.05, 0.1) is 0 Å². The Hall–Kier alpha value is -2.90. The van der Waals surface area contributed by atoms with Gasteiger partial charge in [-0.1, -0.05) is 30.3 Å². The van der Waals surface area contributed by atoms with E-state index in [0.29, 0.717) is 15.6 Å². The van der Waals surface area contributed by atoms with Crippen LogP contribution in [-0.2, 0) is 25.7 Å². The van der Waals surface area contributed by atoms with Crippen LogP contribution in [0.25, 0.3) is 0 Å². The third-order valence-electron chi connectivity index (χ3n) is 3.36. The van der Waals surface area contributed by atoms with Crippen LogP contribution in [0.3, 0.4) is 0 Å². The monoisotopic (exact) mass is 320 g/mol. The molecule has 1 aromatic rings. The van der Waals surface area contributed by atoms with Crippen LogP contribution >= 0.6 is 0 Å². The largest absolute Gasteiger partial charge is 0.480 e. The van der Waals surface area contributed by atoms with Crippen molar-refractivity contribution in [3.05, 3.63) is 35.9 Å². The van der Waals surface area contributed by atoms with Crippen molar-refractivity contribution in [2.24, 2.45) is 0 Å². The Morgan fingerprint density at radius 2 is 1.78 bits per heavy atom. The van der Waals surface area contributed by atoms with Gasteiger partial charge in [0.2, 0.25) is 11.8 Å². The lowest BCUT2D eigenvalue weighted by atomic mass is 10.2. The van der Waals surface area contributed by atoms with Gasteiger partial charge in [-0.15, -0.1) is 0 Å². The van der Waals surface area contributed by atoms with Crippen LogP contribution in [-0.4, -0.2) is 45.0 Å². The fourth-order valence-electron chi connectivity index (χ4n) is 2.11. The SMILES string of the molecule is CC(C(=O)O)N(C(=O)OCc1ccccc1)N1C(=O)CCC1=O. The van der Waals surface area contributed by atoms with Gasteiger partial charge in [0, 0.05) is 12.8 Å². The fourth-order valence-corrected chi connectivity index (χ4v) is 2.11. The quantitative estimate of drug-likeness (QED) is 0.816. The summed E-state index contributed by atoms with van der Waals surface area (Å²) in [6.45, 7) is 1.10. The number of hydrogen-bond acceptors (Lipinski definition) is 5. The highest BCUT2D eigenvalue weighted by Crippen LogP contribution is 2.19. The lowest BCUT2D eigenvalue weighted by molar-refractivity contribution is -0.164. The van der Waals surface area contributed by atoms with E-state index in [4.69, 9.17) is 9.84 Å². The van der Waals surface area contributed by atoms with Crippen molar-refractivity contribution in [2.45, 2.75) is 32.4 Å². The van der Waals surface area contributed by atoms with Crippen LogP contribution in [0.4, 0.5) is 4.79 Å². The third kappa shape index (κ3) is 3.65. The van der Waals surface area contributed by atoms with Crippen LogP contribution < -0.4 is 0 Å². The zero-order chi connectivity index (χ0) is 17.0. The smallest absolute Gasteiger partial charge is 0.430 e. The Balaban J connectivity index is 2.16. The maximum atomic E-state index is 12.2. The summed E-state index contributed by atoms with van der Waals surface area (Å²) in [4.78, 5) is 47.0. The maximum absolute atomic E-state index is 12.2. The first-order valence-electron chi connectivity index (χ1n) is 7.00. The molecule has 122 valence electrons. The summed E-state index contributed by atoms with van der Waals surface area (Å²) >= 11 is 0. The van der Waals surface area contributed by atoms with Crippen molar-refractivity contribution >= 4 is 23.9 Å². The number of carbonyl (C=O) groups excluding carboxylic acids is 3. The summed E-state index contributed by atoms with van der Waals surface area (Å²) < 4.78 is 5.05. The molecule has 0 saturated carbocycles. The summed E-state index contributed by atoms with van der Waals surface area (Å²) in [6, 6.07) is 7.35. The van der Waals surface area contributed by atoms with Gasteiger partial charge in [-0.25, -0.2) is 9.59 Å². The van der Waals surface area contributed by atoms with E-state index in [1.807, 2.05) is 0 Å². The van der Waals surface area contributed by atoms with E-state index >= 15 is 0 Å². The molecule has 3 amide bonds. The Labute approximate surface area is 132 Å².